The van der Waals surface area contributed by atoms with Crippen LogP contribution in [0.2, 0.25) is 5.02 Å². The highest BCUT2D eigenvalue weighted by molar-refractivity contribution is 6.31. The van der Waals surface area contributed by atoms with E-state index in [9.17, 15) is 31.5 Å². The van der Waals surface area contributed by atoms with Crippen molar-refractivity contribution in [1.29, 1.82) is 0 Å². The highest BCUT2D eigenvalue weighted by atomic mass is 35.5. The SMILES string of the molecule is [2H]C1([2H])NC(=O)[C@@H](C)N(C(=O)N[C@H](c2ccc(F)c(Cl)c2F)C2CC(C(F)(F)F)C2)C1([2H])[2H]. The fourth-order valence-corrected chi connectivity index (χ4v) is 3.50. The topological polar surface area (TPSA) is 61.4 Å². The van der Waals surface area contributed by atoms with Crippen LogP contribution in [0, 0.1) is 23.5 Å². The summed E-state index contributed by atoms with van der Waals surface area (Å²) in [6.45, 7) is -4.94. The number of carbonyl (C=O) groups excluding carboxylic acids is 2. The van der Waals surface area contributed by atoms with E-state index in [4.69, 9.17) is 17.1 Å². The van der Waals surface area contributed by atoms with Crippen molar-refractivity contribution in [2.75, 3.05) is 13.0 Å². The van der Waals surface area contributed by atoms with Gasteiger partial charge >= 0.3 is 12.2 Å². The molecule has 1 saturated carbocycles. The second kappa shape index (κ2) is 7.97. The van der Waals surface area contributed by atoms with Gasteiger partial charge in [0.25, 0.3) is 0 Å². The van der Waals surface area contributed by atoms with Gasteiger partial charge in [0, 0.05) is 18.6 Å². The minimum absolute atomic E-state index is 0.266. The van der Waals surface area contributed by atoms with E-state index in [-0.39, 0.29) is 4.90 Å². The number of nitrogens with one attached hydrogen (secondary N) is 2. The van der Waals surface area contributed by atoms with Crippen molar-refractivity contribution in [3.05, 3.63) is 34.4 Å². The summed E-state index contributed by atoms with van der Waals surface area (Å²) in [6, 6.07) is -2.66. The Morgan fingerprint density at radius 3 is 2.66 bits per heavy atom. The van der Waals surface area contributed by atoms with Gasteiger partial charge in [0.1, 0.15) is 22.7 Å². The molecule has 5 nitrogen and oxygen atoms in total. The van der Waals surface area contributed by atoms with Gasteiger partial charge in [0.05, 0.1) is 17.4 Å². The normalized spacial score (nSPS) is 31.3. The van der Waals surface area contributed by atoms with Crippen molar-refractivity contribution in [2.45, 2.75) is 38.0 Å². The number of halogens is 6. The Morgan fingerprint density at radius 1 is 1.38 bits per heavy atom. The molecule has 1 saturated heterocycles. The first-order valence-electron chi connectivity index (χ1n) is 10.6. The lowest BCUT2D eigenvalue weighted by Crippen LogP contribution is -2.59. The summed E-state index contributed by atoms with van der Waals surface area (Å²) < 4.78 is 98.8. The Kier molecular flexibility index (Phi) is 4.58. The Balaban J connectivity index is 1.96. The number of alkyl halides is 3. The minimum Gasteiger partial charge on any atom is -0.353 e. The van der Waals surface area contributed by atoms with E-state index in [2.05, 4.69) is 5.32 Å². The van der Waals surface area contributed by atoms with Crippen LogP contribution in [0.5, 0.6) is 0 Å². The lowest BCUT2D eigenvalue weighted by atomic mass is 9.69. The molecule has 1 aromatic rings. The van der Waals surface area contributed by atoms with Gasteiger partial charge in [0.2, 0.25) is 5.91 Å². The molecule has 3 amide bonds. The van der Waals surface area contributed by atoms with Crippen LogP contribution in [0.25, 0.3) is 0 Å². The molecule has 11 heteroatoms. The van der Waals surface area contributed by atoms with E-state index in [0.29, 0.717) is 0 Å². The highest BCUT2D eigenvalue weighted by Gasteiger charge is 2.51. The number of urea groups is 1. The van der Waals surface area contributed by atoms with Crippen molar-refractivity contribution in [3.8, 4) is 0 Å². The van der Waals surface area contributed by atoms with Crippen molar-refractivity contribution in [1.82, 2.24) is 15.5 Å². The first-order chi connectivity index (χ1) is 15.0. The molecule has 2 fully saturated rings. The predicted molar refractivity (Wildman–Crippen MR) is 94.1 cm³/mol. The van der Waals surface area contributed by atoms with Crippen LogP contribution in [0.15, 0.2) is 12.1 Å². The van der Waals surface area contributed by atoms with Gasteiger partial charge in [-0.25, -0.2) is 13.6 Å². The summed E-state index contributed by atoms with van der Waals surface area (Å²) in [5.41, 5.74) is -0.418. The summed E-state index contributed by atoms with van der Waals surface area (Å²) in [4.78, 5) is 25.3. The summed E-state index contributed by atoms with van der Waals surface area (Å²) >= 11 is 5.59. The van der Waals surface area contributed by atoms with E-state index >= 15 is 0 Å². The molecule has 0 bridgehead atoms. The Hall–Kier alpha value is -2.10. The van der Waals surface area contributed by atoms with Gasteiger partial charge in [-0.05, 0) is 31.7 Å². The minimum atomic E-state index is -4.52. The van der Waals surface area contributed by atoms with Crippen LogP contribution in [-0.4, -0.2) is 42.1 Å². The summed E-state index contributed by atoms with van der Waals surface area (Å²) in [6.07, 6.45) is -5.50. The van der Waals surface area contributed by atoms with Crippen LogP contribution in [0.3, 0.4) is 0 Å². The van der Waals surface area contributed by atoms with Gasteiger partial charge in [-0.3, -0.25) is 4.79 Å². The zero-order chi connectivity index (χ0) is 25.1. The van der Waals surface area contributed by atoms with E-state index in [1.807, 2.05) is 5.32 Å². The number of nitrogens with zero attached hydrogens (tertiary/aromatic N) is 1. The van der Waals surface area contributed by atoms with E-state index in [0.717, 1.165) is 19.1 Å². The van der Waals surface area contributed by atoms with E-state index in [1.54, 1.807) is 0 Å². The molecule has 1 heterocycles. The highest BCUT2D eigenvalue weighted by Crippen LogP contribution is 2.50. The van der Waals surface area contributed by atoms with Crippen LogP contribution < -0.4 is 10.6 Å². The number of hydrogen-bond acceptors (Lipinski definition) is 2. The molecule has 1 aliphatic heterocycles. The number of piperazine rings is 1. The average Bonchev–Trinajstić information content (AvgIpc) is 2.61. The number of amides is 3. The molecule has 2 N–H and O–H groups in total. The molecular formula is C18H19ClF5N3O2. The van der Waals surface area contributed by atoms with Gasteiger partial charge in [-0.2, -0.15) is 13.2 Å². The zero-order valence-electron chi connectivity index (χ0n) is 18.9. The molecule has 160 valence electrons. The lowest BCUT2D eigenvalue weighted by molar-refractivity contribution is -0.206. The maximum Gasteiger partial charge on any atom is 0.391 e. The molecule has 29 heavy (non-hydrogen) atoms. The lowest BCUT2D eigenvalue weighted by Gasteiger charge is -2.43. The molecular weight excluding hydrogens is 421 g/mol. The smallest absolute Gasteiger partial charge is 0.353 e. The molecule has 1 aliphatic carbocycles. The molecule has 2 aliphatic rings. The molecule has 1 aromatic carbocycles. The quantitative estimate of drug-likeness (QED) is 0.552. The Morgan fingerprint density at radius 2 is 2.03 bits per heavy atom. The number of rotatable bonds is 3. The zero-order valence-corrected chi connectivity index (χ0v) is 15.7. The van der Waals surface area contributed by atoms with Crippen LogP contribution in [0.1, 0.15) is 36.9 Å². The summed E-state index contributed by atoms with van der Waals surface area (Å²) in [7, 11) is 0. The molecule has 0 radical (unpaired) electrons. The third-order valence-corrected chi connectivity index (χ3v) is 5.48. The summed E-state index contributed by atoms with van der Waals surface area (Å²) in [5, 5.41) is 3.10. The first-order valence-corrected chi connectivity index (χ1v) is 8.98. The van der Waals surface area contributed by atoms with Crippen LogP contribution in [0.4, 0.5) is 26.7 Å². The van der Waals surface area contributed by atoms with Crippen LogP contribution >= 0.6 is 11.6 Å². The van der Waals surface area contributed by atoms with Gasteiger partial charge < -0.3 is 15.5 Å². The third-order valence-electron chi connectivity index (χ3n) is 5.14. The molecule has 0 aromatic heterocycles. The van der Waals surface area contributed by atoms with E-state index < -0.39 is 90.1 Å². The van der Waals surface area contributed by atoms with Gasteiger partial charge in [-0.15, -0.1) is 0 Å². The van der Waals surface area contributed by atoms with Gasteiger partial charge in [0.15, 0.2) is 0 Å². The van der Waals surface area contributed by atoms with Crippen molar-refractivity contribution in [3.63, 3.8) is 0 Å². The fraction of sp³-hybridized carbons (Fsp3) is 0.556. The number of benzene rings is 1. The van der Waals surface area contributed by atoms with Crippen LogP contribution in [-0.2, 0) is 4.79 Å². The van der Waals surface area contributed by atoms with Crippen molar-refractivity contribution in [2.24, 2.45) is 11.8 Å². The Bertz CT molecular complexity index is 975. The van der Waals surface area contributed by atoms with E-state index in [1.165, 1.54) is 0 Å². The third kappa shape index (κ3) is 4.26. The Labute approximate surface area is 174 Å². The van der Waals surface area contributed by atoms with Crippen molar-refractivity contribution < 1.29 is 37.0 Å². The average molecular weight is 444 g/mol. The predicted octanol–water partition coefficient (Wildman–Crippen LogP) is 3.78. The summed E-state index contributed by atoms with van der Waals surface area (Å²) in [5.74, 6) is -6.12. The maximum absolute atomic E-state index is 14.7. The second-order valence-electron chi connectivity index (χ2n) is 6.93. The first kappa shape index (κ1) is 16.7. The standard InChI is InChI=1S/C18H19ClF5N3O2/c1-8-16(28)25-4-5-27(8)17(29)26-15(9-6-10(7-9)18(22,23)24)11-2-3-12(20)13(19)14(11)21/h2-3,8-10,15H,4-7H2,1H3,(H,25,28)(H,26,29)/t8-,9?,10?,15+/m1/s1/i4D2,5D2. The number of carbonyl (C=O) groups is 2. The van der Waals surface area contributed by atoms with Crippen molar-refractivity contribution >= 4 is 23.5 Å². The molecule has 0 unspecified atom stereocenters. The second-order valence-corrected chi connectivity index (χ2v) is 7.31. The fourth-order valence-electron chi connectivity index (χ4n) is 3.33. The molecule has 3 rings (SSSR count). The molecule has 0 spiro atoms. The number of hydrogen-bond donors (Lipinski definition) is 2. The largest absolute Gasteiger partial charge is 0.391 e. The van der Waals surface area contributed by atoms with Gasteiger partial charge in [-0.1, -0.05) is 17.7 Å². The maximum atomic E-state index is 14.7. The monoisotopic (exact) mass is 443 g/mol. The molecule has 2 atom stereocenters.